The Bertz CT molecular complexity index is 1010. The molecular formula is C22H25IN2O3S. The lowest BCUT2D eigenvalue weighted by Gasteiger charge is -2.37. The molecule has 0 radical (unpaired) electrons. The number of halogens is 1. The molecular weight excluding hydrogens is 499 g/mol. The van der Waals surface area contributed by atoms with E-state index in [0.29, 0.717) is 37.4 Å². The van der Waals surface area contributed by atoms with Crippen LogP contribution < -0.4 is 4.90 Å². The van der Waals surface area contributed by atoms with E-state index < -0.39 is 15.4 Å². The molecule has 0 saturated carbocycles. The van der Waals surface area contributed by atoms with E-state index in [0.717, 1.165) is 22.1 Å². The molecule has 4 rings (SSSR count). The summed E-state index contributed by atoms with van der Waals surface area (Å²) in [5.41, 5.74) is 1.77. The summed E-state index contributed by atoms with van der Waals surface area (Å²) in [7, 11) is -3.53. The van der Waals surface area contributed by atoms with Gasteiger partial charge in [0.05, 0.1) is 10.3 Å². The first-order chi connectivity index (χ1) is 13.9. The van der Waals surface area contributed by atoms with Gasteiger partial charge < -0.3 is 4.90 Å². The molecule has 5 nitrogen and oxygen atoms in total. The predicted molar refractivity (Wildman–Crippen MR) is 122 cm³/mol. The summed E-state index contributed by atoms with van der Waals surface area (Å²) in [5, 5.41) is 0. The second-order valence-electron chi connectivity index (χ2n) is 7.84. The van der Waals surface area contributed by atoms with Crippen molar-refractivity contribution in [1.82, 2.24) is 4.31 Å². The fraction of sp³-hybridized carbons (Fsp3) is 0.409. The number of benzene rings is 2. The van der Waals surface area contributed by atoms with Crippen molar-refractivity contribution in [3.8, 4) is 0 Å². The first kappa shape index (κ1) is 20.8. The highest BCUT2D eigenvalue weighted by atomic mass is 127. The quantitative estimate of drug-likeness (QED) is 0.567. The smallest absolute Gasteiger partial charge is 0.244 e. The Labute approximate surface area is 186 Å². The van der Waals surface area contributed by atoms with Crippen LogP contribution in [0.15, 0.2) is 53.4 Å². The number of sulfonamides is 1. The third-order valence-corrected chi connectivity index (χ3v) is 9.57. The molecule has 0 aliphatic carbocycles. The van der Waals surface area contributed by atoms with Crippen LogP contribution in [0.1, 0.15) is 31.7 Å². The Morgan fingerprint density at radius 1 is 0.966 bits per heavy atom. The second-order valence-corrected chi connectivity index (χ2v) is 10.9. The normalized spacial score (nSPS) is 19.8. The molecule has 2 saturated heterocycles. The van der Waals surface area contributed by atoms with Crippen LogP contribution in [0.4, 0.5) is 5.69 Å². The molecule has 0 N–H and O–H groups in total. The zero-order valence-corrected chi connectivity index (χ0v) is 19.4. The largest absolute Gasteiger partial charge is 0.312 e. The van der Waals surface area contributed by atoms with Crippen molar-refractivity contribution in [3.63, 3.8) is 0 Å². The molecule has 0 bridgehead atoms. The Balaban J connectivity index is 1.49. The standard InChI is InChI=1S/C22H25IN2O3S/c1-2-17-7-9-18(10-8-17)25-16-13-22(21(25)26)11-14-24(15-12-22)29(27,28)20-6-4-3-5-19(20)23/h3-10H,2,11-16H2,1H3. The topological polar surface area (TPSA) is 57.7 Å². The van der Waals surface area contributed by atoms with Gasteiger partial charge in [-0.2, -0.15) is 4.31 Å². The van der Waals surface area contributed by atoms with Gasteiger partial charge in [0.2, 0.25) is 15.9 Å². The summed E-state index contributed by atoms with van der Waals surface area (Å²) in [6.45, 7) is 3.60. The molecule has 2 aliphatic rings. The molecule has 2 aliphatic heterocycles. The monoisotopic (exact) mass is 524 g/mol. The van der Waals surface area contributed by atoms with Crippen LogP contribution in [-0.2, 0) is 21.2 Å². The highest BCUT2D eigenvalue weighted by Crippen LogP contribution is 2.44. The van der Waals surface area contributed by atoms with Crippen molar-refractivity contribution < 1.29 is 13.2 Å². The highest BCUT2D eigenvalue weighted by Gasteiger charge is 2.49. The molecule has 0 unspecified atom stereocenters. The zero-order valence-electron chi connectivity index (χ0n) is 16.5. The van der Waals surface area contributed by atoms with E-state index >= 15 is 0 Å². The molecule has 0 aromatic heterocycles. The number of nitrogens with zero attached hydrogens (tertiary/aromatic N) is 2. The van der Waals surface area contributed by atoms with Crippen molar-refractivity contribution >= 4 is 44.2 Å². The lowest BCUT2D eigenvalue weighted by Crippen LogP contribution is -2.46. The van der Waals surface area contributed by atoms with Crippen LogP contribution in [0.3, 0.4) is 0 Å². The molecule has 2 heterocycles. The van der Waals surface area contributed by atoms with Crippen molar-refractivity contribution in [1.29, 1.82) is 0 Å². The van der Waals surface area contributed by atoms with E-state index in [1.807, 2.05) is 23.1 Å². The SMILES string of the molecule is CCc1ccc(N2CCC3(CCN(S(=O)(=O)c4ccccc4I)CC3)C2=O)cc1. The maximum atomic E-state index is 13.3. The third kappa shape index (κ3) is 3.72. The minimum Gasteiger partial charge on any atom is -0.312 e. The lowest BCUT2D eigenvalue weighted by atomic mass is 9.77. The first-order valence-corrected chi connectivity index (χ1v) is 12.5. The van der Waals surface area contributed by atoms with Crippen LogP contribution in [0.2, 0.25) is 0 Å². The van der Waals surface area contributed by atoms with Crippen LogP contribution in [-0.4, -0.2) is 38.3 Å². The van der Waals surface area contributed by atoms with E-state index in [9.17, 15) is 13.2 Å². The number of aryl methyl sites for hydroxylation is 1. The Morgan fingerprint density at radius 2 is 1.59 bits per heavy atom. The minimum absolute atomic E-state index is 0.146. The number of rotatable bonds is 4. The maximum Gasteiger partial charge on any atom is 0.244 e. The van der Waals surface area contributed by atoms with E-state index in [-0.39, 0.29) is 5.91 Å². The fourth-order valence-electron chi connectivity index (χ4n) is 4.39. The molecule has 2 fully saturated rings. The maximum absolute atomic E-state index is 13.3. The second kappa shape index (κ2) is 8.00. The van der Waals surface area contributed by atoms with Crippen LogP contribution >= 0.6 is 22.6 Å². The number of hydrogen-bond donors (Lipinski definition) is 0. The van der Waals surface area contributed by atoms with Gasteiger partial charge in [0.25, 0.3) is 0 Å². The molecule has 1 spiro atoms. The summed E-state index contributed by atoms with van der Waals surface area (Å²) in [6, 6.07) is 15.2. The van der Waals surface area contributed by atoms with Crippen LogP contribution in [0, 0.1) is 8.99 Å². The fourth-order valence-corrected chi connectivity index (χ4v) is 7.12. The van der Waals surface area contributed by atoms with Gasteiger partial charge in [-0.25, -0.2) is 8.42 Å². The molecule has 0 atom stereocenters. The minimum atomic E-state index is -3.53. The summed E-state index contributed by atoms with van der Waals surface area (Å²) >= 11 is 2.06. The van der Waals surface area contributed by atoms with Gasteiger partial charge in [-0.1, -0.05) is 31.2 Å². The lowest BCUT2D eigenvalue weighted by molar-refractivity contribution is -0.127. The number of amides is 1. The highest BCUT2D eigenvalue weighted by molar-refractivity contribution is 14.1. The van der Waals surface area contributed by atoms with Crippen molar-refractivity contribution in [3.05, 3.63) is 57.7 Å². The van der Waals surface area contributed by atoms with Crippen molar-refractivity contribution in [2.24, 2.45) is 5.41 Å². The van der Waals surface area contributed by atoms with E-state index in [1.165, 1.54) is 5.56 Å². The average Bonchev–Trinajstić information content (AvgIpc) is 3.04. The number of anilines is 1. The van der Waals surface area contributed by atoms with Gasteiger partial charge in [-0.15, -0.1) is 0 Å². The average molecular weight is 524 g/mol. The van der Waals surface area contributed by atoms with Gasteiger partial charge >= 0.3 is 0 Å². The number of carbonyl (C=O) groups is 1. The summed E-state index contributed by atoms with van der Waals surface area (Å²) in [6.07, 6.45) is 2.93. The van der Waals surface area contributed by atoms with Crippen molar-refractivity contribution in [2.45, 2.75) is 37.5 Å². The predicted octanol–water partition coefficient (Wildman–Crippen LogP) is 4.06. The number of piperidine rings is 1. The van der Waals surface area contributed by atoms with Crippen LogP contribution in [0.25, 0.3) is 0 Å². The van der Waals surface area contributed by atoms with Gasteiger partial charge in [-0.3, -0.25) is 4.79 Å². The number of carbonyl (C=O) groups excluding carboxylic acids is 1. The number of hydrogen-bond acceptors (Lipinski definition) is 3. The molecule has 2 aromatic rings. The van der Waals surface area contributed by atoms with E-state index in [2.05, 4.69) is 41.6 Å². The Hall–Kier alpha value is -1.45. The molecule has 29 heavy (non-hydrogen) atoms. The first-order valence-electron chi connectivity index (χ1n) is 10.0. The van der Waals surface area contributed by atoms with Crippen molar-refractivity contribution in [2.75, 3.05) is 24.5 Å². The summed E-state index contributed by atoms with van der Waals surface area (Å²) in [4.78, 5) is 15.5. The van der Waals surface area contributed by atoms with Gasteiger partial charge in [0.15, 0.2) is 0 Å². The van der Waals surface area contributed by atoms with Gasteiger partial charge in [-0.05, 0) is 78.1 Å². The van der Waals surface area contributed by atoms with E-state index in [4.69, 9.17) is 0 Å². The molecule has 154 valence electrons. The Morgan fingerprint density at radius 3 is 2.21 bits per heavy atom. The van der Waals surface area contributed by atoms with E-state index in [1.54, 1.807) is 22.5 Å². The van der Waals surface area contributed by atoms with Crippen LogP contribution in [0.5, 0.6) is 0 Å². The molecule has 1 amide bonds. The zero-order chi connectivity index (χ0) is 20.6. The molecule has 2 aromatic carbocycles. The summed E-state index contributed by atoms with van der Waals surface area (Å²) < 4.78 is 28.4. The Kier molecular flexibility index (Phi) is 5.74. The van der Waals surface area contributed by atoms with Gasteiger partial charge in [0, 0.05) is 28.9 Å². The third-order valence-electron chi connectivity index (χ3n) is 6.30. The molecule has 7 heteroatoms. The summed E-state index contributed by atoms with van der Waals surface area (Å²) in [5.74, 6) is 0.146. The van der Waals surface area contributed by atoms with Gasteiger partial charge in [0.1, 0.15) is 0 Å².